The molecule has 1 aliphatic rings. The van der Waals surface area contributed by atoms with Crippen molar-refractivity contribution in [2.45, 2.75) is 12.0 Å². The van der Waals surface area contributed by atoms with Gasteiger partial charge in [-0.1, -0.05) is 36.4 Å². The molecule has 1 aromatic rings. The highest BCUT2D eigenvalue weighted by Crippen LogP contribution is 2.43. The molecule has 22 heavy (non-hydrogen) atoms. The van der Waals surface area contributed by atoms with Gasteiger partial charge < -0.3 is 20.8 Å². The lowest BCUT2D eigenvalue weighted by Gasteiger charge is -2.40. The third kappa shape index (κ3) is 2.73. The second-order valence-electron chi connectivity index (χ2n) is 5.00. The van der Waals surface area contributed by atoms with Crippen LogP contribution in [0.5, 0.6) is 0 Å². The van der Waals surface area contributed by atoms with Gasteiger partial charge in [0.05, 0.1) is 5.57 Å². The number of benzene rings is 1. The monoisotopic (exact) mass is 302 g/mol. The summed E-state index contributed by atoms with van der Waals surface area (Å²) in [5.74, 6) is -2.54. The van der Waals surface area contributed by atoms with Gasteiger partial charge in [-0.2, -0.15) is 0 Å². The van der Waals surface area contributed by atoms with Crippen LogP contribution in [0.2, 0.25) is 0 Å². The zero-order valence-corrected chi connectivity index (χ0v) is 12.0. The zero-order valence-electron chi connectivity index (χ0n) is 12.0. The SMILES string of the molecule is NCCN1C=CCC1(C(=CC(=O)O)C(=O)O)c1ccccc1. The Hall–Kier alpha value is -2.60. The molecule has 0 saturated heterocycles. The lowest BCUT2D eigenvalue weighted by Crippen LogP contribution is -2.46. The summed E-state index contributed by atoms with van der Waals surface area (Å²) in [7, 11) is 0. The minimum atomic E-state index is -1.28. The summed E-state index contributed by atoms with van der Waals surface area (Å²) in [6, 6.07) is 9.03. The Morgan fingerprint density at radius 3 is 2.50 bits per heavy atom. The molecule has 0 radical (unpaired) electrons. The summed E-state index contributed by atoms with van der Waals surface area (Å²) in [6.07, 6.45) is 4.76. The molecule has 4 N–H and O–H groups in total. The van der Waals surface area contributed by atoms with Gasteiger partial charge in [-0.25, -0.2) is 9.59 Å². The highest BCUT2D eigenvalue weighted by atomic mass is 16.4. The lowest BCUT2D eigenvalue weighted by atomic mass is 9.79. The molecule has 6 nitrogen and oxygen atoms in total. The van der Waals surface area contributed by atoms with E-state index in [0.29, 0.717) is 19.5 Å². The Bertz CT molecular complexity index is 624. The van der Waals surface area contributed by atoms with Gasteiger partial charge >= 0.3 is 11.9 Å². The minimum Gasteiger partial charge on any atom is -0.478 e. The van der Waals surface area contributed by atoms with Crippen molar-refractivity contribution in [1.29, 1.82) is 0 Å². The number of carboxylic acid groups (broad SMARTS) is 2. The molecule has 0 amide bonds. The first-order valence-corrected chi connectivity index (χ1v) is 6.89. The van der Waals surface area contributed by atoms with Gasteiger partial charge in [0.1, 0.15) is 5.54 Å². The van der Waals surface area contributed by atoms with Gasteiger partial charge in [-0.05, 0) is 18.2 Å². The summed E-state index contributed by atoms with van der Waals surface area (Å²) in [4.78, 5) is 24.6. The Labute approximate surface area is 128 Å². The highest BCUT2D eigenvalue weighted by molar-refractivity contribution is 5.97. The average Bonchev–Trinajstić information content (AvgIpc) is 2.90. The van der Waals surface area contributed by atoms with Gasteiger partial charge in [0.2, 0.25) is 0 Å². The molecule has 1 heterocycles. The van der Waals surface area contributed by atoms with E-state index in [9.17, 15) is 14.7 Å². The van der Waals surface area contributed by atoms with Crippen LogP contribution in [-0.4, -0.2) is 40.1 Å². The maximum absolute atomic E-state index is 11.7. The Kier molecular flexibility index (Phi) is 4.62. The first-order chi connectivity index (χ1) is 10.5. The Morgan fingerprint density at radius 1 is 1.27 bits per heavy atom. The fourth-order valence-electron chi connectivity index (χ4n) is 2.90. The summed E-state index contributed by atoms with van der Waals surface area (Å²) >= 11 is 0. The van der Waals surface area contributed by atoms with Crippen LogP contribution in [0.4, 0.5) is 0 Å². The largest absolute Gasteiger partial charge is 0.478 e. The molecule has 0 bridgehead atoms. The summed E-state index contributed by atoms with van der Waals surface area (Å²) in [5.41, 5.74) is 5.12. The van der Waals surface area contributed by atoms with E-state index < -0.39 is 17.5 Å². The predicted molar refractivity (Wildman–Crippen MR) is 81.0 cm³/mol. The molecule has 0 fully saturated rings. The van der Waals surface area contributed by atoms with E-state index in [4.69, 9.17) is 10.8 Å². The smallest absolute Gasteiger partial charge is 0.334 e. The van der Waals surface area contributed by atoms with E-state index in [0.717, 1.165) is 11.6 Å². The normalized spacial score (nSPS) is 21.1. The standard InChI is InChI=1S/C16H18N2O4/c17-8-10-18-9-4-7-16(18,12-5-2-1-3-6-12)13(15(21)22)11-14(19)20/h1-6,9,11H,7-8,10,17H2,(H,19,20)(H,21,22). The molecule has 1 atom stereocenters. The van der Waals surface area contributed by atoms with Crippen LogP contribution in [0.1, 0.15) is 12.0 Å². The van der Waals surface area contributed by atoms with Gasteiger partial charge in [-0.15, -0.1) is 0 Å². The first-order valence-electron chi connectivity index (χ1n) is 6.89. The van der Waals surface area contributed by atoms with Crippen LogP contribution < -0.4 is 5.73 Å². The summed E-state index contributed by atoms with van der Waals surface area (Å²) < 4.78 is 0. The van der Waals surface area contributed by atoms with Gasteiger partial charge in [0, 0.05) is 19.2 Å². The molecule has 0 aromatic heterocycles. The van der Waals surface area contributed by atoms with Gasteiger partial charge in [-0.3, -0.25) is 0 Å². The van der Waals surface area contributed by atoms with Crippen molar-refractivity contribution in [2.75, 3.05) is 13.1 Å². The van der Waals surface area contributed by atoms with Crippen LogP contribution in [0.25, 0.3) is 0 Å². The molecule has 116 valence electrons. The molecular weight excluding hydrogens is 284 g/mol. The molecule has 1 unspecified atom stereocenters. The first kappa shape index (κ1) is 15.8. The van der Waals surface area contributed by atoms with Crippen LogP contribution in [-0.2, 0) is 15.1 Å². The number of hydrogen-bond acceptors (Lipinski definition) is 4. The fourth-order valence-corrected chi connectivity index (χ4v) is 2.90. The van der Waals surface area contributed by atoms with E-state index >= 15 is 0 Å². The van der Waals surface area contributed by atoms with Crippen LogP contribution in [0.3, 0.4) is 0 Å². The predicted octanol–water partition coefficient (Wildman–Crippen LogP) is 1.16. The molecule has 0 saturated carbocycles. The van der Waals surface area contributed by atoms with Crippen molar-refractivity contribution in [1.82, 2.24) is 4.90 Å². The highest BCUT2D eigenvalue weighted by Gasteiger charge is 2.45. The third-order valence-corrected chi connectivity index (χ3v) is 3.75. The second kappa shape index (κ2) is 6.44. The molecule has 0 spiro atoms. The molecule has 1 aliphatic heterocycles. The molecule has 0 aliphatic carbocycles. The number of rotatable bonds is 6. The van der Waals surface area contributed by atoms with E-state index in [1.165, 1.54) is 0 Å². The molecule has 2 rings (SSSR count). The van der Waals surface area contributed by atoms with Gasteiger partial charge in [0.25, 0.3) is 0 Å². The third-order valence-electron chi connectivity index (χ3n) is 3.75. The lowest BCUT2D eigenvalue weighted by molar-refractivity contribution is -0.136. The van der Waals surface area contributed by atoms with Crippen molar-refractivity contribution >= 4 is 11.9 Å². The zero-order chi connectivity index (χ0) is 16.2. The average molecular weight is 302 g/mol. The maximum Gasteiger partial charge on any atom is 0.334 e. The van der Waals surface area contributed by atoms with E-state index in [2.05, 4.69) is 0 Å². The second-order valence-corrected chi connectivity index (χ2v) is 5.00. The number of carbonyl (C=O) groups is 2. The molecule has 1 aromatic carbocycles. The maximum atomic E-state index is 11.7. The van der Waals surface area contributed by atoms with Crippen molar-refractivity contribution in [3.8, 4) is 0 Å². The number of nitrogens with two attached hydrogens (primary N) is 1. The summed E-state index contributed by atoms with van der Waals surface area (Å²) in [6.45, 7) is 0.758. The molecular formula is C16H18N2O4. The van der Waals surface area contributed by atoms with Crippen LogP contribution in [0, 0.1) is 0 Å². The van der Waals surface area contributed by atoms with Crippen LogP contribution >= 0.6 is 0 Å². The van der Waals surface area contributed by atoms with Crippen molar-refractivity contribution in [2.24, 2.45) is 5.73 Å². The number of nitrogens with zero attached hydrogens (tertiary/aromatic N) is 1. The van der Waals surface area contributed by atoms with E-state index in [1.54, 1.807) is 35.4 Å². The minimum absolute atomic E-state index is 0.176. The Balaban J connectivity index is 2.65. The quantitative estimate of drug-likeness (QED) is 0.681. The topological polar surface area (TPSA) is 104 Å². The van der Waals surface area contributed by atoms with E-state index in [-0.39, 0.29) is 5.57 Å². The van der Waals surface area contributed by atoms with Gasteiger partial charge in [0.15, 0.2) is 0 Å². The van der Waals surface area contributed by atoms with E-state index in [1.807, 2.05) is 12.1 Å². The number of carboxylic acids is 2. The van der Waals surface area contributed by atoms with Crippen LogP contribution in [0.15, 0.2) is 54.3 Å². The number of aliphatic carboxylic acids is 2. The molecule has 6 heteroatoms. The summed E-state index contributed by atoms with van der Waals surface area (Å²) in [5, 5.41) is 18.6. The van der Waals surface area contributed by atoms with Crippen molar-refractivity contribution in [3.63, 3.8) is 0 Å². The number of hydrogen-bond donors (Lipinski definition) is 3. The Morgan fingerprint density at radius 2 is 1.95 bits per heavy atom. The fraction of sp³-hybridized carbons (Fsp3) is 0.250. The van der Waals surface area contributed by atoms with Crippen molar-refractivity contribution in [3.05, 3.63) is 59.8 Å². The van der Waals surface area contributed by atoms with Crippen molar-refractivity contribution < 1.29 is 19.8 Å².